The Morgan fingerprint density at radius 3 is 2.51 bits per heavy atom. The molecule has 0 radical (unpaired) electrons. The Hall–Kier alpha value is -4.00. The molecular formula is C34H34Cl2FN5O5. The Balaban J connectivity index is 1.25. The van der Waals surface area contributed by atoms with Crippen molar-refractivity contribution in [2.75, 3.05) is 32.1 Å². The van der Waals surface area contributed by atoms with Crippen LogP contribution in [0.15, 0.2) is 54.6 Å². The van der Waals surface area contributed by atoms with Crippen LogP contribution in [0.2, 0.25) is 10.0 Å². The van der Waals surface area contributed by atoms with Crippen LogP contribution in [0.3, 0.4) is 0 Å². The molecular weight excluding hydrogens is 648 g/mol. The van der Waals surface area contributed by atoms with E-state index in [4.69, 9.17) is 33.0 Å². The van der Waals surface area contributed by atoms with E-state index in [-0.39, 0.29) is 23.3 Å². The fourth-order valence-corrected chi connectivity index (χ4v) is 6.89. The number of aliphatic carboxylic acids is 1. The number of aromatic nitrogens is 2. The summed E-state index contributed by atoms with van der Waals surface area (Å²) in [4.78, 5) is 26.4. The quantitative estimate of drug-likeness (QED) is 0.160. The van der Waals surface area contributed by atoms with Crippen molar-refractivity contribution in [2.24, 2.45) is 0 Å². The number of benzene rings is 3. The number of β-amino-alcohol motifs (C(OH)–C–C–N with tert-alkyl or cyclic N) is 1. The predicted octanol–water partition coefficient (Wildman–Crippen LogP) is 6.00. The van der Waals surface area contributed by atoms with Crippen molar-refractivity contribution < 1.29 is 28.9 Å². The predicted molar refractivity (Wildman–Crippen MR) is 178 cm³/mol. The fraction of sp³-hybridized carbons (Fsp3) is 0.324. The van der Waals surface area contributed by atoms with E-state index in [2.05, 4.69) is 15.7 Å². The minimum atomic E-state index is -0.959. The molecule has 1 aromatic heterocycles. The molecule has 0 aliphatic carbocycles. The molecule has 0 bridgehead atoms. The first-order valence-corrected chi connectivity index (χ1v) is 16.1. The highest BCUT2D eigenvalue weighted by atomic mass is 35.5. The normalized spacial score (nSPS) is 17.8. The van der Waals surface area contributed by atoms with Crippen LogP contribution in [0, 0.1) is 5.82 Å². The van der Waals surface area contributed by atoms with Gasteiger partial charge in [-0.15, -0.1) is 0 Å². The highest BCUT2D eigenvalue weighted by Gasteiger charge is 2.26. The molecule has 4 aromatic rings. The van der Waals surface area contributed by atoms with Crippen molar-refractivity contribution in [1.82, 2.24) is 20.0 Å². The monoisotopic (exact) mass is 681 g/mol. The number of nitrogens with one attached hydrogen (secondary N) is 2. The zero-order valence-electron chi connectivity index (χ0n) is 25.6. The summed E-state index contributed by atoms with van der Waals surface area (Å²) in [6, 6.07) is 15.2. The van der Waals surface area contributed by atoms with Gasteiger partial charge in [-0.2, -0.15) is 5.10 Å². The molecule has 0 spiro atoms. The van der Waals surface area contributed by atoms with Crippen molar-refractivity contribution >= 4 is 40.8 Å². The smallest absolute Gasteiger partial charge is 0.317 e. The second-order valence-electron chi connectivity index (χ2n) is 11.8. The second kappa shape index (κ2) is 14.0. The summed E-state index contributed by atoms with van der Waals surface area (Å²) in [5.41, 5.74) is 3.95. The van der Waals surface area contributed by atoms with E-state index >= 15 is 4.39 Å². The van der Waals surface area contributed by atoms with Gasteiger partial charge in [0.15, 0.2) is 5.69 Å². The Labute approximate surface area is 281 Å². The molecule has 2 aliphatic heterocycles. The number of halogens is 3. The number of carbonyl (C=O) groups excluding carboxylic acids is 1. The van der Waals surface area contributed by atoms with Crippen LogP contribution in [0.5, 0.6) is 5.75 Å². The van der Waals surface area contributed by atoms with Gasteiger partial charge in [-0.05, 0) is 49.1 Å². The van der Waals surface area contributed by atoms with Crippen LogP contribution in [-0.4, -0.2) is 69.6 Å². The summed E-state index contributed by atoms with van der Waals surface area (Å²) in [7, 11) is 1.49. The number of methoxy groups -OCH3 is 1. The number of aliphatic hydroxyl groups is 1. The van der Waals surface area contributed by atoms with Crippen molar-refractivity contribution in [3.8, 4) is 28.0 Å². The maximum absolute atomic E-state index is 15.5. The third kappa shape index (κ3) is 7.00. The van der Waals surface area contributed by atoms with E-state index in [1.807, 2.05) is 4.90 Å². The maximum atomic E-state index is 15.5. The summed E-state index contributed by atoms with van der Waals surface area (Å²) in [5, 5.41) is 29.9. The van der Waals surface area contributed by atoms with Crippen molar-refractivity contribution in [3.05, 3.63) is 87.4 Å². The third-order valence-corrected chi connectivity index (χ3v) is 9.43. The first-order valence-electron chi connectivity index (χ1n) is 15.3. The average molecular weight is 683 g/mol. The van der Waals surface area contributed by atoms with Crippen LogP contribution in [0.4, 0.5) is 10.1 Å². The number of aliphatic hydroxyl groups excluding tert-OH is 1. The molecule has 2 atom stereocenters. The van der Waals surface area contributed by atoms with Crippen molar-refractivity contribution in [3.63, 3.8) is 0 Å². The van der Waals surface area contributed by atoms with Crippen LogP contribution < -0.4 is 15.4 Å². The van der Waals surface area contributed by atoms with Gasteiger partial charge in [0.05, 0.1) is 41.2 Å². The van der Waals surface area contributed by atoms with Gasteiger partial charge < -0.3 is 20.3 Å². The molecule has 3 heterocycles. The third-order valence-electron chi connectivity index (χ3n) is 8.61. The molecule has 47 heavy (non-hydrogen) atoms. The Kier molecular flexibility index (Phi) is 9.81. The number of aryl methyl sites for hydroxylation is 1. The van der Waals surface area contributed by atoms with E-state index < -0.39 is 23.8 Å². The van der Waals surface area contributed by atoms with Gasteiger partial charge in [0.1, 0.15) is 11.6 Å². The average Bonchev–Trinajstić information content (AvgIpc) is 3.68. The summed E-state index contributed by atoms with van der Waals surface area (Å²) in [6.07, 6.45) is 1.77. The fourth-order valence-electron chi connectivity index (χ4n) is 6.28. The lowest BCUT2D eigenvalue weighted by atomic mass is 9.97. The Morgan fingerprint density at radius 1 is 1.04 bits per heavy atom. The van der Waals surface area contributed by atoms with Gasteiger partial charge >= 0.3 is 5.97 Å². The lowest BCUT2D eigenvalue weighted by Gasteiger charge is -2.23. The number of ether oxygens (including phenoxy) is 1. The Bertz CT molecular complexity index is 1830. The SMILES string of the molecule is COc1cc(-c2cccc(-c3cccc(NC(=O)c4cc5n(n4)CCC[C@@H]5NCC(=O)O)c3Cl)c2Cl)cc(F)c1CN1CC[C@@H](O)C1. The number of hydrogen-bond acceptors (Lipinski definition) is 7. The molecule has 1 amide bonds. The van der Waals surface area contributed by atoms with Crippen LogP contribution in [-0.2, 0) is 17.9 Å². The number of fused-ring (bicyclic) bond motifs is 1. The van der Waals surface area contributed by atoms with Crippen LogP contribution in [0.1, 0.15) is 47.1 Å². The summed E-state index contributed by atoms with van der Waals surface area (Å²) < 4.78 is 22.8. The first-order chi connectivity index (χ1) is 22.6. The molecule has 6 rings (SSSR count). The standard InChI is InChI=1S/C34H34Cl2FN5O5/c1-47-30-14-19(13-25(37)24(30)18-41-12-10-20(43)17-41)21-5-2-6-22(32(21)35)23-7-3-8-27(33(23)36)39-34(46)28-15-29-26(38-16-31(44)45)9-4-11-42(29)40-28/h2-3,5-8,13-15,20,26,38,43H,4,9-12,16-18H2,1H3,(H,39,46)(H,44,45)/t20-,26+/m1/s1. The van der Waals surface area contributed by atoms with Gasteiger partial charge in [-0.25, -0.2) is 4.39 Å². The number of rotatable bonds is 10. The van der Waals surface area contributed by atoms with E-state index in [1.165, 1.54) is 13.2 Å². The molecule has 4 N–H and O–H groups in total. The number of carbonyl (C=O) groups is 2. The van der Waals surface area contributed by atoms with Gasteiger partial charge in [0.25, 0.3) is 5.91 Å². The van der Waals surface area contributed by atoms with Crippen molar-refractivity contribution in [2.45, 2.75) is 44.5 Å². The highest BCUT2D eigenvalue weighted by molar-refractivity contribution is 6.39. The number of carboxylic acid groups (broad SMARTS) is 1. The molecule has 1 fully saturated rings. The molecule has 1 saturated heterocycles. The molecule has 2 aliphatic rings. The molecule has 13 heteroatoms. The van der Waals surface area contributed by atoms with Crippen LogP contribution >= 0.6 is 23.2 Å². The lowest BCUT2D eigenvalue weighted by Crippen LogP contribution is -2.31. The number of anilines is 1. The Morgan fingerprint density at radius 2 is 1.79 bits per heavy atom. The van der Waals surface area contributed by atoms with E-state index in [9.17, 15) is 14.7 Å². The van der Waals surface area contributed by atoms with E-state index in [0.717, 1.165) is 18.5 Å². The number of amides is 1. The number of carboxylic acids is 1. The molecule has 10 nitrogen and oxygen atoms in total. The van der Waals surface area contributed by atoms with Gasteiger partial charge in [0, 0.05) is 54.5 Å². The molecule has 246 valence electrons. The highest BCUT2D eigenvalue weighted by Crippen LogP contribution is 2.43. The van der Waals surface area contributed by atoms with Gasteiger partial charge in [-0.1, -0.05) is 53.5 Å². The van der Waals surface area contributed by atoms with E-state index in [1.54, 1.807) is 53.2 Å². The minimum absolute atomic E-state index is 0.186. The lowest BCUT2D eigenvalue weighted by molar-refractivity contribution is -0.136. The number of likely N-dealkylation sites (tertiary alicyclic amines) is 1. The zero-order chi connectivity index (χ0) is 33.2. The summed E-state index contributed by atoms with van der Waals surface area (Å²) in [5.74, 6) is -1.47. The molecule has 3 aromatic carbocycles. The largest absolute Gasteiger partial charge is 0.496 e. The van der Waals surface area contributed by atoms with E-state index in [0.29, 0.717) is 76.9 Å². The van der Waals surface area contributed by atoms with Gasteiger partial charge in [-0.3, -0.25) is 24.5 Å². The summed E-state index contributed by atoms with van der Waals surface area (Å²) >= 11 is 13.8. The maximum Gasteiger partial charge on any atom is 0.317 e. The number of nitrogens with zero attached hydrogens (tertiary/aromatic N) is 3. The topological polar surface area (TPSA) is 129 Å². The zero-order valence-corrected chi connectivity index (χ0v) is 27.1. The minimum Gasteiger partial charge on any atom is -0.496 e. The van der Waals surface area contributed by atoms with Crippen molar-refractivity contribution in [1.29, 1.82) is 0 Å². The molecule has 0 saturated carbocycles. The summed E-state index contributed by atoms with van der Waals surface area (Å²) in [6.45, 7) is 1.91. The first kappa shape index (κ1) is 32.9. The van der Waals surface area contributed by atoms with Crippen LogP contribution in [0.25, 0.3) is 22.3 Å². The second-order valence-corrected chi connectivity index (χ2v) is 12.5. The molecule has 0 unspecified atom stereocenters. The van der Waals surface area contributed by atoms with Gasteiger partial charge in [0.2, 0.25) is 0 Å². The number of hydrogen-bond donors (Lipinski definition) is 4.